The highest BCUT2D eigenvalue weighted by molar-refractivity contribution is 9.10. The standard InChI is InChI=1S/C11H10BrNO3/c1-14-10-7(2-3-13)6-8-11(9(10)12)16-5-4-15-8/h6H,2,4-5H2,1H3. The number of benzene rings is 1. The number of halogens is 1. The third-order valence-electron chi connectivity index (χ3n) is 2.28. The van der Waals surface area contributed by atoms with Crippen molar-refractivity contribution in [2.45, 2.75) is 6.42 Å². The lowest BCUT2D eigenvalue weighted by Gasteiger charge is -2.22. The van der Waals surface area contributed by atoms with Gasteiger partial charge in [-0.1, -0.05) is 0 Å². The maximum absolute atomic E-state index is 8.74. The van der Waals surface area contributed by atoms with Gasteiger partial charge in [-0.2, -0.15) is 5.26 Å². The summed E-state index contributed by atoms with van der Waals surface area (Å²) in [6.07, 6.45) is 0.276. The van der Waals surface area contributed by atoms with E-state index in [0.29, 0.717) is 34.9 Å². The lowest BCUT2D eigenvalue weighted by atomic mass is 10.1. The van der Waals surface area contributed by atoms with Gasteiger partial charge in [0.05, 0.1) is 19.6 Å². The molecule has 0 saturated heterocycles. The summed E-state index contributed by atoms with van der Waals surface area (Å²) in [7, 11) is 1.57. The summed E-state index contributed by atoms with van der Waals surface area (Å²) >= 11 is 3.41. The molecule has 0 radical (unpaired) electrons. The maximum atomic E-state index is 8.74. The molecule has 0 fully saturated rings. The van der Waals surface area contributed by atoms with Crippen LogP contribution in [-0.4, -0.2) is 20.3 Å². The van der Waals surface area contributed by atoms with Crippen LogP contribution in [0, 0.1) is 11.3 Å². The van der Waals surface area contributed by atoms with Crippen LogP contribution in [0.25, 0.3) is 0 Å². The second kappa shape index (κ2) is 4.62. The van der Waals surface area contributed by atoms with Gasteiger partial charge < -0.3 is 14.2 Å². The predicted molar refractivity (Wildman–Crippen MR) is 61.0 cm³/mol. The average Bonchev–Trinajstić information content (AvgIpc) is 2.30. The highest BCUT2D eigenvalue weighted by Crippen LogP contribution is 2.45. The van der Waals surface area contributed by atoms with Crippen LogP contribution < -0.4 is 14.2 Å². The fourth-order valence-corrected chi connectivity index (χ4v) is 2.34. The first kappa shape index (κ1) is 11.1. The van der Waals surface area contributed by atoms with E-state index in [1.54, 1.807) is 13.2 Å². The monoisotopic (exact) mass is 283 g/mol. The van der Waals surface area contributed by atoms with Crippen LogP contribution in [0.2, 0.25) is 0 Å². The van der Waals surface area contributed by atoms with Gasteiger partial charge in [-0.05, 0) is 22.0 Å². The summed E-state index contributed by atoms with van der Waals surface area (Å²) in [4.78, 5) is 0. The first-order chi connectivity index (χ1) is 7.77. The highest BCUT2D eigenvalue weighted by Gasteiger charge is 2.21. The van der Waals surface area contributed by atoms with Crippen LogP contribution >= 0.6 is 15.9 Å². The molecule has 1 heterocycles. The third kappa shape index (κ3) is 1.81. The third-order valence-corrected chi connectivity index (χ3v) is 3.00. The molecule has 1 aromatic rings. The molecule has 0 amide bonds. The van der Waals surface area contributed by atoms with E-state index in [-0.39, 0.29) is 6.42 Å². The summed E-state index contributed by atoms with van der Waals surface area (Å²) in [5.41, 5.74) is 0.793. The van der Waals surface area contributed by atoms with E-state index in [2.05, 4.69) is 22.0 Å². The summed E-state index contributed by atoms with van der Waals surface area (Å²) in [6.45, 7) is 1.05. The second-order valence-corrected chi connectivity index (χ2v) is 4.03. The summed E-state index contributed by atoms with van der Waals surface area (Å²) in [6, 6.07) is 3.89. The first-order valence-electron chi connectivity index (χ1n) is 4.80. The lowest BCUT2D eigenvalue weighted by Crippen LogP contribution is -2.16. The van der Waals surface area contributed by atoms with Crippen LogP contribution in [0.1, 0.15) is 5.56 Å². The minimum absolute atomic E-state index is 0.276. The van der Waals surface area contributed by atoms with Crippen molar-refractivity contribution < 1.29 is 14.2 Å². The van der Waals surface area contributed by atoms with Crippen molar-refractivity contribution in [1.82, 2.24) is 0 Å². The molecule has 1 aliphatic heterocycles. The Kier molecular flexibility index (Phi) is 3.20. The molecule has 0 aromatic heterocycles. The van der Waals surface area contributed by atoms with Crippen molar-refractivity contribution in [3.05, 3.63) is 16.1 Å². The van der Waals surface area contributed by atoms with Crippen molar-refractivity contribution in [3.63, 3.8) is 0 Å². The number of ether oxygens (including phenoxy) is 3. The zero-order valence-electron chi connectivity index (χ0n) is 8.75. The number of methoxy groups -OCH3 is 1. The van der Waals surface area contributed by atoms with Crippen molar-refractivity contribution in [1.29, 1.82) is 5.26 Å². The Balaban J connectivity index is 2.55. The van der Waals surface area contributed by atoms with Crippen LogP contribution in [0.3, 0.4) is 0 Å². The molecule has 0 unspecified atom stereocenters. The zero-order valence-corrected chi connectivity index (χ0v) is 10.3. The summed E-state index contributed by atoms with van der Waals surface area (Å²) in [5.74, 6) is 1.93. The molecule has 0 atom stereocenters. The summed E-state index contributed by atoms with van der Waals surface area (Å²) in [5, 5.41) is 8.74. The van der Waals surface area contributed by atoms with Crippen molar-refractivity contribution in [2.24, 2.45) is 0 Å². The SMILES string of the molecule is COc1c(CC#N)cc2c(c1Br)OCCO2. The zero-order chi connectivity index (χ0) is 11.5. The fraction of sp³-hybridized carbons (Fsp3) is 0.364. The molecule has 1 aliphatic rings. The van der Waals surface area contributed by atoms with Gasteiger partial charge in [-0.3, -0.25) is 0 Å². The van der Waals surface area contributed by atoms with Crippen LogP contribution in [0.5, 0.6) is 17.2 Å². The Labute approximate surface area is 102 Å². The molecule has 0 spiro atoms. The van der Waals surface area contributed by atoms with Crippen LogP contribution in [0.15, 0.2) is 10.5 Å². The molecule has 84 valence electrons. The van der Waals surface area contributed by atoms with Gasteiger partial charge in [0, 0.05) is 5.56 Å². The van der Waals surface area contributed by atoms with Crippen LogP contribution in [0.4, 0.5) is 0 Å². The topological polar surface area (TPSA) is 51.5 Å². The van der Waals surface area contributed by atoms with Gasteiger partial charge in [0.2, 0.25) is 0 Å². The Hall–Kier alpha value is -1.41. The Morgan fingerprint density at radius 2 is 2.25 bits per heavy atom. The van der Waals surface area contributed by atoms with E-state index in [1.165, 1.54) is 0 Å². The quantitative estimate of drug-likeness (QED) is 0.836. The van der Waals surface area contributed by atoms with Gasteiger partial charge in [0.25, 0.3) is 0 Å². The number of fused-ring (bicyclic) bond motifs is 1. The van der Waals surface area contributed by atoms with Crippen molar-refractivity contribution in [2.75, 3.05) is 20.3 Å². The molecular weight excluding hydrogens is 274 g/mol. The molecule has 1 aromatic carbocycles. The van der Waals surface area contributed by atoms with E-state index in [0.717, 1.165) is 5.56 Å². The number of hydrogen-bond donors (Lipinski definition) is 0. The van der Waals surface area contributed by atoms with Gasteiger partial charge in [-0.15, -0.1) is 0 Å². The van der Waals surface area contributed by atoms with Gasteiger partial charge in [-0.25, -0.2) is 0 Å². The molecule has 0 saturated carbocycles. The van der Waals surface area contributed by atoms with E-state index in [9.17, 15) is 0 Å². The number of nitriles is 1. The lowest BCUT2D eigenvalue weighted by molar-refractivity contribution is 0.169. The van der Waals surface area contributed by atoms with Crippen molar-refractivity contribution >= 4 is 15.9 Å². The number of hydrogen-bond acceptors (Lipinski definition) is 4. The molecule has 4 nitrogen and oxygen atoms in total. The Bertz CT molecular complexity index is 454. The highest BCUT2D eigenvalue weighted by atomic mass is 79.9. The maximum Gasteiger partial charge on any atom is 0.179 e. The van der Waals surface area contributed by atoms with Crippen LogP contribution in [-0.2, 0) is 6.42 Å². The van der Waals surface area contributed by atoms with E-state index >= 15 is 0 Å². The largest absolute Gasteiger partial charge is 0.495 e. The smallest absolute Gasteiger partial charge is 0.179 e. The Morgan fingerprint density at radius 1 is 1.50 bits per heavy atom. The molecule has 2 rings (SSSR count). The molecule has 0 bridgehead atoms. The van der Waals surface area contributed by atoms with Crippen molar-refractivity contribution in [3.8, 4) is 23.3 Å². The van der Waals surface area contributed by atoms with Gasteiger partial charge >= 0.3 is 0 Å². The predicted octanol–water partition coefficient (Wildman–Crippen LogP) is 2.29. The minimum atomic E-state index is 0.276. The van der Waals surface area contributed by atoms with E-state index in [1.807, 2.05) is 0 Å². The Morgan fingerprint density at radius 3 is 2.94 bits per heavy atom. The van der Waals surface area contributed by atoms with E-state index < -0.39 is 0 Å². The molecule has 5 heteroatoms. The normalized spacial score (nSPS) is 13.1. The number of nitrogens with zero attached hydrogens (tertiary/aromatic N) is 1. The van der Waals surface area contributed by atoms with E-state index in [4.69, 9.17) is 19.5 Å². The first-order valence-corrected chi connectivity index (χ1v) is 5.59. The number of rotatable bonds is 2. The molecule has 16 heavy (non-hydrogen) atoms. The van der Waals surface area contributed by atoms with Gasteiger partial charge in [0.15, 0.2) is 11.5 Å². The molecular formula is C11H10BrNO3. The molecule has 0 N–H and O–H groups in total. The summed E-state index contributed by atoms with van der Waals surface area (Å²) < 4.78 is 16.9. The van der Waals surface area contributed by atoms with Gasteiger partial charge in [0.1, 0.15) is 23.4 Å². The average molecular weight is 284 g/mol. The fourth-order valence-electron chi connectivity index (χ4n) is 1.62. The second-order valence-electron chi connectivity index (χ2n) is 3.24. The minimum Gasteiger partial charge on any atom is -0.495 e. The molecule has 0 aliphatic carbocycles.